The smallest absolute Gasteiger partial charge is 0.123 e. The molecular weight excluding hydrogens is 326 g/mol. The molecule has 1 N–H and O–H groups in total. The van der Waals surface area contributed by atoms with Gasteiger partial charge in [-0.25, -0.2) is 9.97 Å². The maximum atomic E-state index is 5.97. The molecule has 0 aliphatic carbocycles. The van der Waals surface area contributed by atoms with Crippen LogP contribution in [0.2, 0.25) is 0 Å². The lowest BCUT2D eigenvalue weighted by atomic mass is 10.0. The Kier molecular flexibility index (Phi) is 5.04. The van der Waals surface area contributed by atoms with Crippen molar-refractivity contribution in [2.75, 3.05) is 6.61 Å². The molecule has 2 atom stereocenters. The van der Waals surface area contributed by atoms with E-state index in [0.717, 1.165) is 56.0 Å². The first-order chi connectivity index (χ1) is 12.8. The SMILES string of the molecule is CCCn1c(CN[C@H]2CCO[C@@H](c3cncn3C)C2)nc2ccccc21. The highest BCUT2D eigenvalue weighted by atomic mass is 16.5. The van der Waals surface area contributed by atoms with E-state index in [-0.39, 0.29) is 6.10 Å². The van der Waals surface area contributed by atoms with Gasteiger partial charge in [0.2, 0.25) is 0 Å². The van der Waals surface area contributed by atoms with Crippen LogP contribution in [0.5, 0.6) is 0 Å². The monoisotopic (exact) mass is 353 g/mol. The summed E-state index contributed by atoms with van der Waals surface area (Å²) >= 11 is 0. The molecule has 0 bridgehead atoms. The molecule has 1 fully saturated rings. The molecule has 3 aromatic rings. The lowest BCUT2D eigenvalue weighted by Gasteiger charge is -2.30. The zero-order chi connectivity index (χ0) is 17.9. The van der Waals surface area contributed by atoms with E-state index < -0.39 is 0 Å². The predicted octanol–water partition coefficient (Wildman–Crippen LogP) is 3.19. The predicted molar refractivity (Wildman–Crippen MR) is 102 cm³/mol. The van der Waals surface area contributed by atoms with Crippen LogP contribution in [0.25, 0.3) is 11.0 Å². The molecule has 0 radical (unpaired) electrons. The van der Waals surface area contributed by atoms with Crippen LogP contribution in [0.4, 0.5) is 0 Å². The van der Waals surface area contributed by atoms with Gasteiger partial charge in [-0.15, -0.1) is 0 Å². The van der Waals surface area contributed by atoms with E-state index in [1.807, 2.05) is 24.1 Å². The lowest BCUT2D eigenvalue weighted by molar-refractivity contribution is -0.00418. The zero-order valence-electron chi connectivity index (χ0n) is 15.6. The highest BCUT2D eigenvalue weighted by molar-refractivity contribution is 5.75. The average Bonchev–Trinajstić information content (AvgIpc) is 3.24. The van der Waals surface area contributed by atoms with Crippen LogP contribution < -0.4 is 5.32 Å². The summed E-state index contributed by atoms with van der Waals surface area (Å²) in [6.07, 6.45) is 6.96. The topological polar surface area (TPSA) is 56.9 Å². The Labute approximate surface area is 154 Å². The minimum Gasteiger partial charge on any atom is -0.372 e. The first kappa shape index (κ1) is 17.2. The first-order valence-electron chi connectivity index (χ1n) is 9.51. The summed E-state index contributed by atoms with van der Waals surface area (Å²) in [6.45, 7) is 4.78. The Morgan fingerprint density at radius 1 is 1.31 bits per heavy atom. The third-order valence-electron chi connectivity index (χ3n) is 5.20. The molecule has 6 heteroatoms. The minimum atomic E-state index is 0.114. The maximum Gasteiger partial charge on any atom is 0.123 e. The molecule has 0 spiro atoms. The van der Waals surface area contributed by atoms with Gasteiger partial charge < -0.3 is 19.2 Å². The Morgan fingerprint density at radius 3 is 3.00 bits per heavy atom. The molecule has 0 amide bonds. The van der Waals surface area contributed by atoms with E-state index in [1.165, 1.54) is 5.52 Å². The summed E-state index contributed by atoms with van der Waals surface area (Å²) in [6, 6.07) is 8.83. The Bertz CT molecular complexity index is 868. The fourth-order valence-electron chi connectivity index (χ4n) is 3.84. The van der Waals surface area contributed by atoms with Crippen LogP contribution in [-0.4, -0.2) is 31.8 Å². The molecule has 1 aliphatic rings. The summed E-state index contributed by atoms with van der Waals surface area (Å²) in [4.78, 5) is 9.07. The number of rotatable bonds is 6. The molecule has 0 saturated carbocycles. The number of imidazole rings is 2. The van der Waals surface area contributed by atoms with Crippen molar-refractivity contribution in [3.63, 3.8) is 0 Å². The molecule has 1 aliphatic heterocycles. The zero-order valence-corrected chi connectivity index (χ0v) is 15.6. The number of fused-ring (bicyclic) bond motifs is 1. The van der Waals surface area contributed by atoms with Crippen LogP contribution in [0.1, 0.15) is 43.8 Å². The van der Waals surface area contributed by atoms with Crippen LogP contribution in [0, 0.1) is 0 Å². The van der Waals surface area contributed by atoms with Crippen LogP contribution in [0.3, 0.4) is 0 Å². The molecule has 2 aromatic heterocycles. The number of aryl methyl sites for hydroxylation is 2. The van der Waals surface area contributed by atoms with Crippen molar-refractivity contribution in [2.45, 2.75) is 51.4 Å². The summed E-state index contributed by atoms with van der Waals surface area (Å²) in [5.41, 5.74) is 3.46. The minimum absolute atomic E-state index is 0.114. The van der Waals surface area contributed by atoms with Gasteiger partial charge in [-0.1, -0.05) is 19.1 Å². The summed E-state index contributed by atoms with van der Waals surface area (Å²) in [7, 11) is 2.02. The van der Waals surface area contributed by atoms with Crippen molar-refractivity contribution < 1.29 is 4.74 Å². The van der Waals surface area contributed by atoms with Gasteiger partial charge in [0.05, 0.1) is 35.8 Å². The summed E-state index contributed by atoms with van der Waals surface area (Å²) in [5, 5.41) is 3.72. The van der Waals surface area contributed by atoms with Crippen molar-refractivity contribution in [3.05, 3.63) is 48.3 Å². The van der Waals surface area contributed by atoms with E-state index in [0.29, 0.717) is 6.04 Å². The normalized spacial score (nSPS) is 20.7. The van der Waals surface area contributed by atoms with Gasteiger partial charge in [-0.3, -0.25) is 0 Å². The number of ether oxygens (including phenoxy) is 1. The molecular formula is C20H27N5O. The summed E-state index contributed by atoms with van der Waals surface area (Å²) < 4.78 is 10.4. The van der Waals surface area contributed by atoms with Crippen molar-refractivity contribution in [1.82, 2.24) is 24.4 Å². The molecule has 0 unspecified atom stereocenters. The second kappa shape index (κ2) is 7.60. The second-order valence-corrected chi connectivity index (χ2v) is 7.06. The largest absolute Gasteiger partial charge is 0.372 e. The molecule has 1 aromatic carbocycles. The van der Waals surface area contributed by atoms with Gasteiger partial charge in [0, 0.05) is 26.2 Å². The summed E-state index contributed by atoms with van der Waals surface area (Å²) in [5.74, 6) is 1.12. The van der Waals surface area contributed by atoms with Gasteiger partial charge in [-0.05, 0) is 31.4 Å². The number of nitrogens with one attached hydrogen (secondary N) is 1. The standard InChI is InChI=1S/C20H27N5O/c1-3-9-25-17-7-5-4-6-16(17)23-20(25)13-22-15-8-10-26-19(11-15)18-12-21-14-24(18)2/h4-7,12,14-15,19,22H,3,8-11,13H2,1-2H3/t15-,19+/m0/s1. The van der Waals surface area contributed by atoms with Crippen LogP contribution in [0.15, 0.2) is 36.8 Å². The number of benzene rings is 1. The number of para-hydroxylation sites is 2. The fourth-order valence-corrected chi connectivity index (χ4v) is 3.84. The van der Waals surface area contributed by atoms with E-state index in [2.05, 4.69) is 46.1 Å². The molecule has 26 heavy (non-hydrogen) atoms. The van der Waals surface area contributed by atoms with E-state index in [1.54, 1.807) is 0 Å². The Balaban J connectivity index is 1.46. The van der Waals surface area contributed by atoms with Crippen molar-refractivity contribution in [2.24, 2.45) is 7.05 Å². The number of nitrogens with zero attached hydrogens (tertiary/aromatic N) is 4. The number of aromatic nitrogens is 4. The second-order valence-electron chi connectivity index (χ2n) is 7.06. The fraction of sp³-hybridized carbons (Fsp3) is 0.500. The van der Waals surface area contributed by atoms with E-state index in [4.69, 9.17) is 9.72 Å². The third-order valence-corrected chi connectivity index (χ3v) is 5.20. The Morgan fingerprint density at radius 2 is 2.19 bits per heavy atom. The van der Waals surface area contributed by atoms with Crippen molar-refractivity contribution in [3.8, 4) is 0 Å². The van der Waals surface area contributed by atoms with Crippen molar-refractivity contribution >= 4 is 11.0 Å². The quantitative estimate of drug-likeness (QED) is 0.739. The Hall–Kier alpha value is -2.18. The molecule has 138 valence electrons. The number of hydrogen-bond acceptors (Lipinski definition) is 4. The van der Waals surface area contributed by atoms with Gasteiger partial charge >= 0.3 is 0 Å². The first-order valence-corrected chi connectivity index (χ1v) is 9.51. The van der Waals surface area contributed by atoms with Crippen LogP contribution in [-0.2, 0) is 24.9 Å². The van der Waals surface area contributed by atoms with E-state index >= 15 is 0 Å². The molecule has 3 heterocycles. The van der Waals surface area contributed by atoms with Gasteiger partial charge in [-0.2, -0.15) is 0 Å². The molecule has 1 saturated heterocycles. The lowest BCUT2D eigenvalue weighted by Crippen LogP contribution is -2.36. The van der Waals surface area contributed by atoms with Gasteiger partial charge in [0.1, 0.15) is 11.9 Å². The highest BCUT2D eigenvalue weighted by Crippen LogP contribution is 2.28. The third kappa shape index (κ3) is 3.39. The maximum absolute atomic E-state index is 5.97. The van der Waals surface area contributed by atoms with Gasteiger partial charge in [0.15, 0.2) is 0 Å². The average molecular weight is 353 g/mol. The number of hydrogen-bond donors (Lipinski definition) is 1. The molecule has 6 nitrogen and oxygen atoms in total. The van der Waals surface area contributed by atoms with Gasteiger partial charge in [0.25, 0.3) is 0 Å². The van der Waals surface area contributed by atoms with Crippen LogP contribution >= 0.6 is 0 Å². The highest BCUT2D eigenvalue weighted by Gasteiger charge is 2.26. The van der Waals surface area contributed by atoms with E-state index in [9.17, 15) is 0 Å². The molecule has 4 rings (SSSR count). The van der Waals surface area contributed by atoms with Crippen molar-refractivity contribution in [1.29, 1.82) is 0 Å².